The monoisotopic (exact) mass is 278 g/mol. The molecule has 2 nitrogen and oxygen atoms in total. The maximum Gasteiger partial charge on any atom is 0.390 e. The fourth-order valence-corrected chi connectivity index (χ4v) is 3.50. The van der Waals surface area contributed by atoms with E-state index < -0.39 is 12.6 Å². The van der Waals surface area contributed by atoms with Crippen LogP contribution in [0.3, 0.4) is 0 Å². The number of fused-ring (bicyclic) bond motifs is 1. The zero-order chi connectivity index (χ0) is 13.9. The average Bonchev–Trinajstić information content (AvgIpc) is 2.35. The van der Waals surface area contributed by atoms with E-state index in [1.54, 1.807) is 7.05 Å². The summed E-state index contributed by atoms with van der Waals surface area (Å²) in [5.74, 6) is 0.811. The van der Waals surface area contributed by atoms with Gasteiger partial charge in [-0.15, -0.1) is 0 Å². The van der Waals surface area contributed by atoms with Gasteiger partial charge in [-0.3, -0.25) is 0 Å². The predicted molar refractivity (Wildman–Crippen MR) is 70.1 cm³/mol. The SMILES string of the molecule is CN(CCC(F)(F)F)CC1CCC2CCCCC2N1. The molecular formula is C14H25F3N2. The highest BCUT2D eigenvalue weighted by molar-refractivity contribution is 4.90. The van der Waals surface area contributed by atoms with Crippen LogP contribution in [0.1, 0.15) is 44.9 Å². The lowest BCUT2D eigenvalue weighted by Crippen LogP contribution is -2.52. The third-order valence-corrected chi connectivity index (χ3v) is 4.55. The Morgan fingerprint density at radius 2 is 1.84 bits per heavy atom. The van der Waals surface area contributed by atoms with Gasteiger partial charge in [-0.1, -0.05) is 12.8 Å². The maximum absolute atomic E-state index is 12.2. The molecule has 0 bridgehead atoms. The number of halogens is 3. The molecule has 2 rings (SSSR count). The number of piperidine rings is 1. The van der Waals surface area contributed by atoms with Gasteiger partial charge in [0.1, 0.15) is 0 Å². The zero-order valence-corrected chi connectivity index (χ0v) is 11.7. The molecule has 1 aliphatic carbocycles. The summed E-state index contributed by atoms with van der Waals surface area (Å²) in [5, 5.41) is 3.66. The number of likely N-dealkylation sites (N-methyl/N-ethyl adjacent to an activating group) is 1. The van der Waals surface area contributed by atoms with Gasteiger partial charge in [0, 0.05) is 25.2 Å². The third kappa shape index (κ3) is 4.95. The Labute approximate surface area is 113 Å². The molecule has 3 atom stereocenters. The molecule has 0 amide bonds. The van der Waals surface area contributed by atoms with Crippen molar-refractivity contribution in [2.45, 2.75) is 63.2 Å². The Kier molecular flexibility index (Phi) is 5.12. The number of hydrogen-bond acceptors (Lipinski definition) is 2. The molecule has 0 aromatic rings. The van der Waals surface area contributed by atoms with E-state index >= 15 is 0 Å². The van der Waals surface area contributed by atoms with Gasteiger partial charge >= 0.3 is 6.18 Å². The minimum atomic E-state index is -4.04. The summed E-state index contributed by atoms with van der Waals surface area (Å²) in [6.07, 6.45) is 2.82. The van der Waals surface area contributed by atoms with Crippen molar-refractivity contribution in [1.29, 1.82) is 0 Å². The van der Waals surface area contributed by atoms with Crippen molar-refractivity contribution in [3.05, 3.63) is 0 Å². The molecule has 0 radical (unpaired) electrons. The smallest absolute Gasteiger partial charge is 0.310 e. The van der Waals surface area contributed by atoms with Crippen LogP contribution < -0.4 is 5.32 Å². The van der Waals surface area contributed by atoms with Gasteiger partial charge in [-0.25, -0.2) is 0 Å². The van der Waals surface area contributed by atoms with Crippen molar-refractivity contribution in [3.63, 3.8) is 0 Å². The first kappa shape index (κ1) is 15.1. The summed E-state index contributed by atoms with van der Waals surface area (Å²) in [6.45, 7) is 0.842. The highest BCUT2D eigenvalue weighted by Crippen LogP contribution is 2.32. The number of hydrogen-bond donors (Lipinski definition) is 1. The minimum Gasteiger partial charge on any atom is -0.310 e. The number of nitrogens with zero attached hydrogens (tertiary/aromatic N) is 1. The molecule has 1 saturated heterocycles. The molecule has 0 aromatic carbocycles. The van der Waals surface area contributed by atoms with Crippen LogP contribution in [-0.4, -0.2) is 43.3 Å². The van der Waals surface area contributed by atoms with E-state index in [1.807, 2.05) is 4.90 Å². The first-order valence-electron chi connectivity index (χ1n) is 7.45. The molecule has 0 spiro atoms. The van der Waals surface area contributed by atoms with Crippen molar-refractivity contribution in [2.24, 2.45) is 5.92 Å². The molecule has 1 heterocycles. The van der Waals surface area contributed by atoms with E-state index in [0.29, 0.717) is 12.1 Å². The second kappa shape index (κ2) is 6.44. The van der Waals surface area contributed by atoms with Crippen LogP contribution in [0.4, 0.5) is 13.2 Å². The lowest BCUT2D eigenvalue weighted by atomic mass is 9.78. The Morgan fingerprint density at radius 3 is 2.58 bits per heavy atom. The van der Waals surface area contributed by atoms with Gasteiger partial charge < -0.3 is 10.2 Å². The first-order chi connectivity index (χ1) is 8.94. The highest BCUT2D eigenvalue weighted by atomic mass is 19.4. The van der Waals surface area contributed by atoms with E-state index in [9.17, 15) is 13.2 Å². The summed E-state index contributed by atoms with van der Waals surface area (Å²) < 4.78 is 36.5. The van der Waals surface area contributed by atoms with Crippen LogP contribution >= 0.6 is 0 Å². The second-order valence-corrected chi connectivity index (χ2v) is 6.22. The van der Waals surface area contributed by atoms with E-state index in [2.05, 4.69) is 5.32 Å². The van der Waals surface area contributed by atoms with E-state index in [-0.39, 0.29) is 6.54 Å². The molecule has 0 aromatic heterocycles. The quantitative estimate of drug-likeness (QED) is 0.849. The fourth-order valence-electron chi connectivity index (χ4n) is 3.50. The van der Waals surface area contributed by atoms with Crippen LogP contribution in [0.2, 0.25) is 0 Å². The number of rotatable bonds is 4. The summed E-state index contributed by atoms with van der Waals surface area (Å²) in [7, 11) is 1.79. The molecule has 112 valence electrons. The number of nitrogens with one attached hydrogen (secondary N) is 1. The van der Waals surface area contributed by atoms with Crippen molar-refractivity contribution >= 4 is 0 Å². The maximum atomic E-state index is 12.2. The van der Waals surface area contributed by atoms with Crippen molar-refractivity contribution in [3.8, 4) is 0 Å². The summed E-state index contributed by atoms with van der Waals surface area (Å²) in [5.41, 5.74) is 0. The van der Waals surface area contributed by atoms with E-state index in [4.69, 9.17) is 0 Å². The summed E-state index contributed by atoms with van der Waals surface area (Å²) >= 11 is 0. The topological polar surface area (TPSA) is 15.3 Å². The van der Waals surface area contributed by atoms with Gasteiger partial charge in [0.2, 0.25) is 0 Å². The van der Waals surface area contributed by atoms with Gasteiger partial charge in [0.15, 0.2) is 0 Å². The normalized spacial score (nSPS) is 32.4. The molecule has 1 N–H and O–H groups in total. The molecular weight excluding hydrogens is 253 g/mol. The molecule has 3 unspecified atom stereocenters. The summed E-state index contributed by atoms with van der Waals surface area (Å²) in [6, 6.07) is 0.987. The lowest BCUT2D eigenvalue weighted by Gasteiger charge is -2.41. The third-order valence-electron chi connectivity index (χ3n) is 4.55. The zero-order valence-electron chi connectivity index (χ0n) is 11.7. The molecule has 1 aliphatic heterocycles. The lowest BCUT2D eigenvalue weighted by molar-refractivity contribution is -0.137. The van der Waals surface area contributed by atoms with Gasteiger partial charge in [0.05, 0.1) is 6.42 Å². The van der Waals surface area contributed by atoms with Crippen molar-refractivity contribution < 1.29 is 13.2 Å². The van der Waals surface area contributed by atoms with Gasteiger partial charge in [-0.05, 0) is 38.6 Å². The van der Waals surface area contributed by atoms with E-state index in [0.717, 1.165) is 18.9 Å². The predicted octanol–water partition coefficient (Wildman–Crippen LogP) is 3.18. The molecule has 2 fully saturated rings. The molecule has 1 saturated carbocycles. The van der Waals surface area contributed by atoms with Crippen LogP contribution in [0.5, 0.6) is 0 Å². The van der Waals surface area contributed by atoms with Gasteiger partial charge in [0.25, 0.3) is 0 Å². The number of alkyl halides is 3. The Morgan fingerprint density at radius 1 is 1.11 bits per heavy atom. The van der Waals surface area contributed by atoms with Crippen molar-refractivity contribution in [1.82, 2.24) is 10.2 Å². The van der Waals surface area contributed by atoms with Crippen LogP contribution in [0.25, 0.3) is 0 Å². The highest BCUT2D eigenvalue weighted by Gasteiger charge is 2.32. The van der Waals surface area contributed by atoms with Crippen molar-refractivity contribution in [2.75, 3.05) is 20.1 Å². The fraction of sp³-hybridized carbons (Fsp3) is 1.00. The average molecular weight is 278 g/mol. The first-order valence-corrected chi connectivity index (χ1v) is 7.45. The van der Waals surface area contributed by atoms with E-state index in [1.165, 1.54) is 32.1 Å². The second-order valence-electron chi connectivity index (χ2n) is 6.22. The molecule has 5 heteroatoms. The Hall–Kier alpha value is -0.290. The Balaban J connectivity index is 1.71. The molecule has 2 aliphatic rings. The Bertz CT molecular complexity index is 280. The van der Waals surface area contributed by atoms with Crippen LogP contribution in [0.15, 0.2) is 0 Å². The van der Waals surface area contributed by atoms with Crippen LogP contribution in [0, 0.1) is 5.92 Å². The largest absolute Gasteiger partial charge is 0.390 e. The standard InChI is InChI=1S/C14H25F3N2/c1-19(9-8-14(15,16)17)10-12-7-6-11-4-2-3-5-13(11)18-12/h11-13,18H,2-10H2,1H3. The minimum absolute atomic E-state index is 0.107. The molecule has 19 heavy (non-hydrogen) atoms. The van der Waals surface area contributed by atoms with Crippen LogP contribution in [-0.2, 0) is 0 Å². The summed E-state index contributed by atoms with van der Waals surface area (Å²) in [4.78, 5) is 1.81. The van der Waals surface area contributed by atoms with Gasteiger partial charge in [-0.2, -0.15) is 13.2 Å².